The third kappa shape index (κ3) is 2.34. The van der Waals surface area contributed by atoms with Crippen molar-refractivity contribution in [2.24, 2.45) is 5.92 Å². The largest absolute Gasteiger partial charge is 0.338 e. The minimum absolute atomic E-state index is 0.713. The molecule has 4 heteroatoms. The van der Waals surface area contributed by atoms with E-state index >= 15 is 0 Å². The van der Waals surface area contributed by atoms with E-state index in [-0.39, 0.29) is 0 Å². The third-order valence-electron chi connectivity index (χ3n) is 4.42. The molecule has 0 aromatic carbocycles. The predicted octanol–water partition coefficient (Wildman–Crippen LogP) is 1.79. The molecule has 0 N–H and O–H groups in total. The molecular weight excluding hydrogens is 224 g/mol. The Morgan fingerprint density at radius 3 is 2.78 bits per heavy atom. The van der Waals surface area contributed by atoms with E-state index in [2.05, 4.69) is 26.7 Å². The summed E-state index contributed by atoms with van der Waals surface area (Å²) in [6, 6.07) is 2.59. The van der Waals surface area contributed by atoms with Gasteiger partial charge in [-0.2, -0.15) is 0 Å². The quantitative estimate of drug-likeness (QED) is 0.796. The molecule has 0 amide bonds. The van der Waals surface area contributed by atoms with Crippen LogP contribution in [0.3, 0.4) is 0 Å². The fraction of sp³-hybridized carbons (Fsp3) is 0.714. The van der Waals surface area contributed by atoms with Crippen molar-refractivity contribution in [1.29, 1.82) is 0 Å². The van der Waals surface area contributed by atoms with Crippen molar-refractivity contribution in [2.45, 2.75) is 32.2 Å². The van der Waals surface area contributed by atoms with Crippen molar-refractivity contribution in [3.8, 4) is 0 Å². The summed E-state index contributed by atoms with van der Waals surface area (Å²) in [5.74, 6) is 1.82. The van der Waals surface area contributed by atoms with E-state index < -0.39 is 0 Å². The van der Waals surface area contributed by atoms with E-state index in [0.29, 0.717) is 6.04 Å². The van der Waals surface area contributed by atoms with Gasteiger partial charge in [0.15, 0.2) is 0 Å². The molecule has 0 radical (unpaired) electrons. The van der Waals surface area contributed by atoms with Crippen LogP contribution in [-0.4, -0.2) is 47.1 Å². The van der Waals surface area contributed by atoms with E-state index in [9.17, 15) is 0 Å². The fourth-order valence-corrected chi connectivity index (χ4v) is 3.23. The topological polar surface area (TPSA) is 32.3 Å². The molecule has 0 aliphatic carbocycles. The molecule has 2 atom stereocenters. The average Bonchev–Trinajstić information content (AvgIpc) is 2.47. The molecule has 2 aliphatic heterocycles. The smallest absolute Gasteiger partial charge is 0.225 e. The lowest BCUT2D eigenvalue weighted by atomic mass is 9.89. The van der Waals surface area contributed by atoms with Crippen LogP contribution in [0.2, 0.25) is 0 Å². The summed E-state index contributed by atoms with van der Waals surface area (Å²) < 4.78 is 0. The second-order valence-electron chi connectivity index (χ2n) is 5.50. The lowest BCUT2D eigenvalue weighted by Gasteiger charge is -2.46. The summed E-state index contributed by atoms with van der Waals surface area (Å²) in [7, 11) is 0. The lowest BCUT2D eigenvalue weighted by Crippen LogP contribution is -2.56. The van der Waals surface area contributed by atoms with Crippen molar-refractivity contribution in [3.05, 3.63) is 18.5 Å². The lowest BCUT2D eigenvalue weighted by molar-refractivity contribution is 0.0937. The molecule has 2 aliphatic rings. The zero-order valence-corrected chi connectivity index (χ0v) is 11.1. The predicted molar refractivity (Wildman–Crippen MR) is 72.6 cm³/mol. The molecule has 0 saturated carbocycles. The Morgan fingerprint density at radius 1 is 1.17 bits per heavy atom. The maximum atomic E-state index is 4.37. The number of rotatable bonds is 2. The van der Waals surface area contributed by atoms with Crippen molar-refractivity contribution in [2.75, 3.05) is 31.1 Å². The molecule has 1 aromatic rings. The van der Waals surface area contributed by atoms with Gasteiger partial charge in [0.2, 0.25) is 5.95 Å². The van der Waals surface area contributed by atoms with Gasteiger partial charge in [-0.25, -0.2) is 9.97 Å². The normalized spacial score (nSPS) is 29.1. The Balaban J connectivity index is 1.65. The van der Waals surface area contributed by atoms with Gasteiger partial charge < -0.3 is 4.90 Å². The minimum Gasteiger partial charge on any atom is -0.338 e. The van der Waals surface area contributed by atoms with Crippen LogP contribution in [0.5, 0.6) is 0 Å². The number of nitrogens with zero attached hydrogens (tertiary/aromatic N) is 4. The number of hydrogen-bond acceptors (Lipinski definition) is 4. The number of piperazine rings is 1. The summed E-state index contributed by atoms with van der Waals surface area (Å²) >= 11 is 0. The molecule has 2 fully saturated rings. The van der Waals surface area contributed by atoms with Gasteiger partial charge in [-0.3, -0.25) is 4.90 Å². The highest BCUT2D eigenvalue weighted by molar-refractivity contribution is 5.30. The minimum atomic E-state index is 0.713. The highest BCUT2D eigenvalue weighted by atomic mass is 15.3. The van der Waals surface area contributed by atoms with Crippen LogP contribution in [0.1, 0.15) is 26.2 Å². The first-order valence-electron chi connectivity index (χ1n) is 7.13. The molecule has 0 spiro atoms. The first-order valence-corrected chi connectivity index (χ1v) is 7.13. The number of hydrogen-bond donors (Lipinski definition) is 0. The van der Waals surface area contributed by atoms with Crippen LogP contribution in [0.25, 0.3) is 0 Å². The highest BCUT2D eigenvalue weighted by Crippen LogP contribution is 2.27. The molecule has 1 aromatic heterocycles. The van der Waals surface area contributed by atoms with Crippen LogP contribution in [0, 0.1) is 5.92 Å². The molecule has 3 heterocycles. The SMILES string of the molecule is CC[C@H]1CC[C@H]2CN(c3ncccn3)CCN2C1. The van der Waals surface area contributed by atoms with Crippen LogP contribution in [-0.2, 0) is 0 Å². The van der Waals surface area contributed by atoms with Crippen molar-refractivity contribution >= 4 is 5.95 Å². The van der Waals surface area contributed by atoms with Crippen molar-refractivity contribution in [1.82, 2.24) is 14.9 Å². The van der Waals surface area contributed by atoms with Crippen molar-refractivity contribution < 1.29 is 0 Å². The molecule has 4 nitrogen and oxygen atoms in total. The fourth-order valence-electron chi connectivity index (χ4n) is 3.23. The van der Waals surface area contributed by atoms with Gasteiger partial charge in [-0.15, -0.1) is 0 Å². The molecule has 98 valence electrons. The Morgan fingerprint density at radius 2 is 2.00 bits per heavy atom. The second kappa shape index (κ2) is 5.22. The summed E-state index contributed by atoms with van der Waals surface area (Å²) in [5, 5.41) is 0. The summed E-state index contributed by atoms with van der Waals surface area (Å²) in [5.41, 5.74) is 0. The standard InChI is InChI=1S/C14H22N4/c1-2-12-4-5-13-11-18(9-8-17(13)10-12)14-15-6-3-7-16-14/h3,6-7,12-13H,2,4-5,8-11H2,1H3/t12-,13-/m0/s1. The van der Waals surface area contributed by atoms with E-state index in [1.807, 2.05) is 18.5 Å². The average molecular weight is 246 g/mol. The Hall–Kier alpha value is -1.16. The van der Waals surface area contributed by atoms with Gasteiger partial charge in [-0.05, 0) is 24.8 Å². The van der Waals surface area contributed by atoms with Crippen LogP contribution in [0.4, 0.5) is 5.95 Å². The number of piperidine rings is 1. The van der Waals surface area contributed by atoms with E-state index in [4.69, 9.17) is 0 Å². The maximum Gasteiger partial charge on any atom is 0.225 e. The van der Waals surface area contributed by atoms with E-state index in [1.165, 1.54) is 32.4 Å². The zero-order chi connectivity index (χ0) is 12.4. The number of fused-ring (bicyclic) bond motifs is 1. The van der Waals surface area contributed by atoms with Crippen LogP contribution >= 0.6 is 0 Å². The highest BCUT2D eigenvalue weighted by Gasteiger charge is 2.32. The van der Waals surface area contributed by atoms with E-state index in [1.54, 1.807) is 0 Å². The van der Waals surface area contributed by atoms with Crippen LogP contribution < -0.4 is 4.90 Å². The van der Waals surface area contributed by atoms with Gasteiger partial charge in [0.1, 0.15) is 0 Å². The maximum absolute atomic E-state index is 4.37. The molecule has 3 rings (SSSR count). The molecular formula is C14H22N4. The Kier molecular flexibility index (Phi) is 3.46. The van der Waals surface area contributed by atoms with Gasteiger partial charge in [-0.1, -0.05) is 13.3 Å². The Bertz CT molecular complexity index is 381. The molecule has 18 heavy (non-hydrogen) atoms. The number of anilines is 1. The summed E-state index contributed by atoms with van der Waals surface area (Å²) in [4.78, 5) is 13.8. The van der Waals surface area contributed by atoms with Gasteiger partial charge >= 0.3 is 0 Å². The van der Waals surface area contributed by atoms with E-state index in [0.717, 1.165) is 25.0 Å². The summed E-state index contributed by atoms with van der Waals surface area (Å²) in [6.45, 7) is 6.94. The van der Waals surface area contributed by atoms with Gasteiger partial charge in [0.25, 0.3) is 0 Å². The first-order chi connectivity index (χ1) is 8.86. The zero-order valence-electron chi connectivity index (χ0n) is 11.1. The van der Waals surface area contributed by atoms with Crippen molar-refractivity contribution in [3.63, 3.8) is 0 Å². The summed E-state index contributed by atoms with van der Waals surface area (Å²) in [6.07, 6.45) is 7.73. The van der Waals surface area contributed by atoms with Gasteiger partial charge in [0.05, 0.1) is 0 Å². The second-order valence-corrected chi connectivity index (χ2v) is 5.50. The molecule has 0 unspecified atom stereocenters. The Labute approximate surface area is 109 Å². The molecule has 0 bridgehead atoms. The number of aromatic nitrogens is 2. The monoisotopic (exact) mass is 246 g/mol. The van der Waals surface area contributed by atoms with Crippen LogP contribution in [0.15, 0.2) is 18.5 Å². The molecule has 2 saturated heterocycles. The first kappa shape index (κ1) is 11.9. The third-order valence-corrected chi connectivity index (χ3v) is 4.42. The van der Waals surface area contributed by atoms with Gasteiger partial charge in [0, 0.05) is 44.6 Å².